The molecule has 1 heterocycles. The lowest BCUT2D eigenvalue weighted by molar-refractivity contribution is -0.137. The molecule has 0 aliphatic carbocycles. The van der Waals surface area contributed by atoms with E-state index in [4.69, 9.17) is 0 Å². The largest absolute Gasteiger partial charge is 0.465 e. The molecule has 0 bridgehead atoms. The molecule has 0 saturated carbocycles. The number of rotatable bonds is 2. The van der Waals surface area contributed by atoms with Gasteiger partial charge in [0, 0.05) is 12.6 Å². The summed E-state index contributed by atoms with van der Waals surface area (Å²) >= 11 is 0. The first-order valence-electron chi connectivity index (χ1n) is 7.74. The fourth-order valence-electron chi connectivity index (χ4n) is 3.03. The van der Waals surface area contributed by atoms with Crippen LogP contribution in [0.15, 0.2) is 42.5 Å². The standard InChI is InChI=1S/C18H24N2O3/c1-18(2,3)20(17(22)23)15-12-8-11-14(19(4)16(15)21)13-9-6-5-7-10-13/h5-11,14-15H,12H2,1-4H3,(H,22,23)/t14-,15+/m1/s1. The number of carbonyl (C=O) groups is 2. The van der Waals surface area contributed by atoms with E-state index in [0.717, 1.165) is 5.56 Å². The molecule has 1 aromatic carbocycles. The van der Waals surface area contributed by atoms with Crippen LogP contribution in [0.5, 0.6) is 0 Å². The van der Waals surface area contributed by atoms with Gasteiger partial charge in [-0.15, -0.1) is 0 Å². The van der Waals surface area contributed by atoms with Gasteiger partial charge < -0.3 is 10.0 Å². The van der Waals surface area contributed by atoms with Gasteiger partial charge in [0.2, 0.25) is 5.91 Å². The van der Waals surface area contributed by atoms with Crippen molar-refractivity contribution in [3.05, 3.63) is 48.0 Å². The van der Waals surface area contributed by atoms with Gasteiger partial charge in [-0.2, -0.15) is 0 Å². The third-order valence-electron chi connectivity index (χ3n) is 4.11. The van der Waals surface area contributed by atoms with Crippen LogP contribution in [0.3, 0.4) is 0 Å². The zero-order valence-electron chi connectivity index (χ0n) is 14.1. The molecule has 5 nitrogen and oxygen atoms in total. The minimum absolute atomic E-state index is 0.177. The molecule has 2 atom stereocenters. The van der Waals surface area contributed by atoms with Crippen molar-refractivity contribution in [2.24, 2.45) is 0 Å². The van der Waals surface area contributed by atoms with Crippen LogP contribution < -0.4 is 0 Å². The lowest BCUT2D eigenvalue weighted by Crippen LogP contribution is -2.56. The lowest BCUT2D eigenvalue weighted by Gasteiger charge is -2.39. The van der Waals surface area contributed by atoms with Crippen LogP contribution in [-0.2, 0) is 4.79 Å². The molecule has 1 aliphatic rings. The monoisotopic (exact) mass is 316 g/mol. The molecule has 2 rings (SSSR count). The van der Waals surface area contributed by atoms with Gasteiger partial charge in [-0.05, 0) is 32.8 Å². The maximum Gasteiger partial charge on any atom is 0.408 e. The molecule has 1 N–H and O–H groups in total. The Morgan fingerprint density at radius 2 is 1.87 bits per heavy atom. The quantitative estimate of drug-likeness (QED) is 0.852. The van der Waals surface area contributed by atoms with E-state index in [9.17, 15) is 14.7 Å². The van der Waals surface area contributed by atoms with Gasteiger partial charge in [0.25, 0.3) is 0 Å². The fraction of sp³-hybridized carbons (Fsp3) is 0.444. The van der Waals surface area contributed by atoms with E-state index in [0.29, 0.717) is 6.42 Å². The summed E-state index contributed by atoms with van der Waals surface area (Å²) in [6.07, 6.45) is 3.19. The number of hydrogen-bond acceptors (Lipinski definition) is 2. The summed E-state index contributed by atoms with van der Waals surface area (Å²) in [6.45, 7) is 5.41. The van der Waals surface area contributed by atoms with Crippen molar-refractivity contribution in [2.75, 3.05) is 7.05 Å². The van der Waals surface area contributed by atoms with E-state index in [-0.39, 0.29) is 11.9 Å². The van der Waals surface area contributed by atoms with Crippen molar-refractivity contribution in [3.63, 3.8) is 0 Å². The van der Waals surface area contributed by atoms with E-state index in [1.165, 1.54) is 4.90 Å². The lowest BCUT2D eigenvalue weighted by atomic mass is 10.0. The Kier molecular flexibility index (Phi) is 4.78. The summed E-state index contributed by atoms with van der Waals surface area (Å²) in [5, 5.41) is 9.57. The summed E-state index contributed by atoms with van der Waals surface area (Å²) in [5.74, 6) is -0.179. The van der Waals surface area contributed by atoms with Gasteiger partial charge in [0.05, 0.1) is 6.04 Å². The zero-order valence-corrected chi connectivity index (χ0v) is 14.1. The first-order chi connectivity index (χ1) is 10.7. The third kappa shape index (κ3) is 3.55. The molecule has 0 unspecified atom stereocenters. The van der Waals surface area contributed by atoms with Crippen LogP contribution in [0.2, 0.25) is 0 Å². The maximum atomic E-state index is 12.9. The van der Waals surface area contributed by atoms with E-state index >= 15 is 0 Å². The molecular formula is C18H24N2O3. The molecule has 5 heteroatoms. The van der Waals surface area contributed by atoms with Crippen LogP contribution >= 0.6 is 0 Å². The van der Waals surface area contributed by atoms with Crippen LogP contribution in [0.25, 0.3) is 0 Å². The predicted octanol–water partition coefficient (Wildman–Crippen LogP) is 3.29. The second-order valence-electron chi connectivity index (χ2n) is 6.81. The number of nitrogens with zero attached hydrogens (tertiary/aromatic N) is 2. The molecule has 0 aromatic heterocycles. The molecule has 0 saturated heterocycles. The molecule has 23 heavy (non-hydrogen) atoms. The minimum Gasteiger partial charge on any atom is -0.465 e. The highest BCUT2D eigenvalue weighted by Gasteiger charge is 2.40. The summed E-state index contributed by atoms with van der Waals surface area (Å²) in [4.78, 5) is 27.5. The van der Waals surface area contributed by atoms with Crippen molar-refractivity contribution in [1.82, 2.24) is 9.80 Å². The number of likely N-dealkylation sites (N-methyl/N-ethyl adjacent to an activating group) is 1. The summed E-state index contributed by atoms with van der Waals surface area (Å²) in [5.41, 5.74) is 0.367. The maximum absolute atomic E-state index is 12.9. The van der Waals surface area contributed by atoms with Crippen molar-refractivity contribution < 1.29 is 14.7 Å². The van der Waals surface area contributed by atoms with Gasteiger partial charge in [0.15, 0.2) is 0 Å². The summed E-state index contributed by atoms with van der Waals surface area (Å²) in [7, 11) is 1.73. The normalized spacial score (nSPS) is 21.9. The van der Waals surface area contributed by atoms with Crippen molar-refractivity contribution >= 4 is 12.0 Å². The summed E-state index contributed by atoms with van der Waals surface area (Å²) < 4.78 is 0. The number of benzene rings is 1. The Morgan fingerprint density at radius 3 is 2.39 bits per heavy atom. The second-order valence-corrected chi connectivity index (χ2v) is 6.81. The Balaban J connectivity index is 2.34. The van der Waals surface area contributed by atoms with Crippen LogP contribution in [0.4, 0.5) is 4.79 Å². The zero-order chi connectivity index (χ0) is 17.2. The SMILES string of the molecule is CN1C(=O)[C@@H](N(C(=O)O)C(C)(C)C)CC=C[C@@H]1c1ccccc1. The Hall–Kier alpha value is -2.30. The van der Waals surface area contributed by atoms with E-state index < -0.39 is 17.7 Å². The highest BCUT2D eigenvalue weighted by molar-refractivity contribution is 5.86. The number of carbonyl (C=O) groups excluding carboxylic acids is 1. The number of carboxylic acid groups (broad SMARTS) is 1. The van der Waals surface area contributed by atoms with E-state index in [1.807, 2.05) is 42.5 Å². The van der Waals surface area contributed by atoms with E-state index in [1.54, 1.807) is 32.7 Å². The molecule has 0 radical (unpaired) electrons. The number of amides is 2. The van der Waals surface area contributed by atoms with Gasteiger partial charge in [-0.3, -0.25) is 9.69 Å². The first kappa shape index (κ1) is 17.1. The van der Waals surface area contributed by atoms with Gasteiger partial charge in [0.1, 0.15) is 6.04 Å². The van der Waals surface area contributed by atoms with Gasteiger partial charge in [-0.25, -0.2) is 4.79 Å². The third-order valence-corrected chi connectivity index (χ3v) is 4.11. The van der Waals surface area contributed by atoms with Crippen molar-refractivity contribution in [2.45, 2.75) is 44.8 Å². The molecule has 0 fully saturated rings. The van der Waals surface area contributed by atoms with Crippen molar-refractivity contribution in [3.8, 4) is 0 Å². The topological polar surface area (TPSA) is 60.9 Å². The first-order valence-corrected chi connectivity index (χ1v) is 7.74. The van der Waals surface area contributed by atoms with Crippen molar-refractivity contribution in [1.29, 1.82) is 0 Å². The molecule has 2 amide bonds. The highest BCUT2D eigenvalue weighted by atomic mass is 16.4. The molecule has 0 spiro atoms. The number of hydrogen-bond donors (Lipinski definition) is 1. The van der Waals surface area contributed by atoms with Gasteiger partial charge >= 0.3 is 6.09 Å². The molecule has 1 aliphatic heterocycles. The Morgan fingerprint density at radius 1 is 1.26 bits per heavy atom. The summed E-state index contributed by atoms with van der Waals surface area (Å²) in [6, 6.07) is 8.85. The average molecular weight is 316 g/mol. The highest BCUT2D eigenvalue weighted by Crippen LogP contribution is 2.29. The minimum atomic E-state index is -1.07. The molecule has 1 aromatic rings. The van der Waals surface area contributed by atoms with Crippen LogP contribution in [-0.4, -0.2) is 45.5 Å². The molecular weight excluding hydrogens is 292 g/mol. The van der Waals surface area contributed by atoms with Crippen LogP contribution in [0, 0.1) is 0 Å². The predicted molar refractivity (Wildman–Crippen MR) is 89.1 cm³/mol. The smallest absolute Gasteiger partial charge is 0.408 e. The average Bonchev–Trinajstić information content (AvgIpc) is 2.60. The fourth-order valence-corrected chi connectivity index (χ4v) is 3.03. The second kappa shape index (κ2) is 6.44. The van der Waals surface area contributed by atoms with Crippen LogP contribution in [0.1, 0.15) is 38.8 Å². The Bertz CT molecular complexity index is 604. The molecule has 124 valence electrons. The van der Waals surface area contributed by atoms with Gasteiger partial charge in [-0.1, -0.05) is 42.5 Å². The van der Waals surface area contributed by atoms with E-state index in [2.05, 4.69) is 0 Å². The Labute approximate surface area is 137 Å².